The molecule has 16 nitrogen and oxygen atoms in total. The Morgan fingerprint density at radius 3 is 2.65 bits per heavy atom. The van der Waals surface area contributed by atoms with E-state index in [-0.39, 0.29) is 75.4 Å². The number of Topliss-reactive ketones (excluding diaryl/α,β-unsaturated/α-hetero) is 2. The monoisotopic (exact) mass is 767 g/mol. The number of carbonyl (C=O) groups excluding carboxylic acids is 5. The average Bonchev–Trinajstić information content (AvgIpc) is 3.49. The predicted octanol–water partition coefficient (Wildman–Crippen LogP) is 1.44. The van der Waals surface area contributed by atoms with Gasteiger partial charge < -0.3 is 51.2 Å². The largest absolute Gasteiger partial charge is 0.493 e. The number of amides is 3. The van der Waals surface area contributed by atoms with E-state index in [0.29, 0.717) is 62.3 Å². The van der Waals surface area contributed by atoms with Gasteiger partial charge >= 0.3 is 6.09 Å². The molecule has 3 heterocycles. The molecule has 3 amide bonds. The molecule has 1 unspecified atom stereocenters. The van der Waals surface area contributed by atoms with E-state index in [9.17, 15) is 29.1 Å². The first kappa shape index (κ1) is 41.5. The van der Waals surface area contributed by atoms with Crippen molar-refractivity contribution < 1.29 is 43.3 Å². The molecule has 5 aliphatic rings. The van der Waals surface area contributed by atoms with E-state index in [1.54, 1.807) is 18.1 Å². The third-order valence-electron chi connectivity index (χ3n) is 11.9. The first-order valence-corrected chi connectivity index (χ1v) is 18.9. The van der Waals surface area contributed by atoms with Crippen LogP contribution < -0.4 is 31.6 Å². The molecule has 6 atom stereocenters. The Hall–Kier alpha value is -4.70. The van der Waals surface area contributed by atoms with Gasteiger partial charge in [-0.25, -0.2) is 4.79 Å². The smallest absolute Gasteiger partial charge is 0.415 e. The molecule has 0 radical (unpaired) electrons. The number of nitrogens with zero attached hydrogens (tertiary/aromatic N) is 3. The van der Waals surface area contributed by atoms with Gasteiger partial charge in [0, 0.05) is 50.0 Å². The minimum atomic E-state index is -1.13. The molecule has 2 bridgehead atoms. The highest BCUT2D eigenvalue weighted by atomic mass is 16.6. The van der Waals surface area contributed by atoms with Crippen molar-refractivity contribution in [2.45, 2.75) is 108 Å². The molecular formula is C39H57N7O9. The van der Waals surface area contributed by atoms with Crippen molar-refractivity contribution in [2.24, 2.45) is 22.4 Å². The van der Waals surface area contributed by atoms with Gasteiger partial charge in [-0.3, -0.25) is 24.2 Å². The number of guanidine groups is 1. The summed E-state index contributed by atoms with van der Waals surface area (Å²) in [6.07, 6.45) is 4.61. The Morgan fingerprint density at radius 2 is 1.93 bits per heavy atom. The molecule has 55 heavy (non-hydrogen) atoms. The standard InChI is InChI=1S/C38H53N7O9.CH4/c1-22(46)17-30(48)42-21-26(47)18-24(7-6-14-41-35(39)40)34(49)43-20-25-8-4-5-15-45(25)36(50)53-28-11-12-38(51)29-19-23-9-10-27(52-3)32-31(23)37(38,33(28)54-32)13-16-44(29)2;/h9-11,24-25,29,33,51H,4-8,12-21H2,1-3H3,(H,42,48)(H,43,49)(H4,39,40,41);1H4/t24-,25?,29-,33+,37+,38-;/m1./s1. The van der Waals surface area contributed by atoms with Crippen LogP contribution in [0, 0.1) is 5.92 Å². The van der Waals surface area contributed by atoms with Gasteiger partial charge in [-0.2, -0.15) is 0 Å². The molecule has 2 fully saturated rings. The third kappa shape index (κ3) is 8.02. The number of ketones is 2. The molecule has 2 saturated heterocycles. The normalized spacial score (nSPS) is 26.5. The molecule has 0 saturated carbocycles. The number of nitrogens with two attached hydrogens (primary N) is 2. The lowest BCUT2D eigenvalue weighted by Crippen LogP contribution is -2.74. The zero-order valence-corrected chi connectivity index (χ0v) is 31.4. The van der Waals surface area contributed by atoms with Crippen LogP contribution in [0.25, 0.3) is 0 Å². The molecular weight excluding hydrogens is 710 g/mol. The Balaban J connectivity index is 0.00000580. The van der Waals surface area contributed by atoms with Crippen molar-refractivity contribution in [3.8, 4) is 11.5 Å². The number of methoxy groups -OCH3 is 1. The number of nitrogens with one attached hydrogen (secondary N) is 2. The summed E-state index contributed by atoms with van der Waals surface area (Å²) in [6, 6.07) is 3.44. The van der Waals surface area contributed by atoms with Crippen molar-refractivity contribution in [3.63, 3.8) is 0 Å². The highest BCUT2D eigenvalue weighted by Crippen LogP contribution is 2.65. The molecule has 1 aromatic rings. The number of carbonyl (C=O) groups is 5. The van der Waals surface area contributed by atoms with E-state index in [0.717, 1.165) is 30.5 Å². The van der Waals surface area contributed by atoms with Crippen LogP contribution in [0.4, 0.5) is 4.79 Å². The van der Waals surface area contributed by atoms with E-state index in [1.807, 2.05) is 19.2 Å². The minimum absolute atomic E-state index is 0. The van der Waals surface area contributed by atoms with Crippen LogP contribution in [0.15, 0.2) is 29.0 Å². The fourth-order valence-corrected chi connectivity index (χ4v) is 9.27. The van der Waals surface area contributed by atoms with Crippen LogP contribution in [0.1, 0.15) is 83.3 Å². The van der Waals surface area contributed by atoms with Gasteiger partial charge in [-0.1, -0.05) is 13.5 Å². The van der Waals surface area contributed by atoms with Crippen molar-refractivity contribution in [1.29, 1.82) is 0 Å². The van der Waals surface area contributed by atoms with Crippen LogP contribution in [-0.4, -0.2) is 121 Å². The van der Waals surface area contributed by atoms with Crippen molar-refractivity contribution in [1.82, 2.24) is 20.4 Å². The molecule has 2 aliphatic carbocycles. The number of hydrogen-bond acceptors (Lipinski definition) is 11. The zero-order valence-electron chi connectivity index (χ0n) is 31.4. The quantitative estimate of drug-likeness (QED) is 0.0740. The van der Waals surface area contributed by atoms with Gasteiger partial charge in [0.05, 0.1) is 37.1 Å². The van der Waals surface area contributed by atoms with Gasteiger partial charge in [-0.05, 0) is 83.2 Å². The Morgan fingerprint density at radius 1 is 1.15 bits per heavy atom. The molecule has 16 heteroatoms. The van der Waals surface area contributed by atoms with E-state index in [2.05, 4.69) is 20.5 Å². The van der Waals surface area contributed by atoms with Crippen molar-refractivity contribution >= 4 is 35.4 Å². The summed E-state index contributed by atoms with van der Waals surface area (Å²) in [7, 11) is 3.62. The van der Waals surface area contributed by atoms with E-state index in [1.165, 1.54) is 6.92 Å². The first-order valence-electron chi connectivity index (χ1n) is 18.9. The topological polar surface area (TPSA) is 228 Å². The number of rotatable bonds is 15. The van der Waals surface area contributed by atoms with Gasteiger partial charge in [0.2, 0.25) is 11.8 Å². The molecule has 7 N–H and O–H groups in total. The summed E-state index contributed by atoms with van der Waals surface area (Å²) < 4.78 is 18.6. The maximum absolute atomic E-state index is 14.0. The second kappa shape index (κ2) is 17.0. The average molecular weight is 768 g/mol. The van der Waals surface area contributed by atoms with Crippen LogP contribution in [0.2, 0.25) is 0 Å². The van der Waals surface area contributed by atoms with E-state index >= 15 is 0 Å². The molecule has 302 valence electrons. The number of likely N-dealkylation sites (tertiary alicyclic amines) is 2. The molecule has 6 rings (SSSR count). The number of likely N-dealkylation sites (N-methyl/N-ethyl adjacent to an activating group) is 1. The Labute approximate surface area is 322 Å². The fourth-order valence-electron chi connectivity index (χ4n) is 9.27. The van der Waals surface area contributed by atoms with Crippen molar-refractivity contribution in [3.05, 3.63) is 35.1 Å². The van der Waals surface area contributed by atoms with Crippen LogP contribution in [-0.2, 0) is 35.8 Å². The molecule has 1 aromatic carbocycles. The molecule has 0 aromatic heterocycles. The maximum Gasteiger partial charge on any atom is 0.415 e. The summed E-state index contributed by atoms with van der Waals surface area (Å²) in [4.78, 5) is 71.4. The summed E-state index contributed by atoms with van der Waals surface area (Å²) in [5, 5.41) is 17.9. The number of hydrogen-bond donors (Lipinski definition) is 5. The lowest BCUT2D eigenvalue weighted by atomic mass is 9.50. The SMILES string of the molecule is C.COc1ccc2c3c1O[C@H]1C(OC(=O)N4CCCCC4CNC(=O)[C@H](CCCN=C(N)N)CC(=O)CNC(=O)CC(C)=O)=CC[C@@]4(O)[C@@H](C2)N(C)CC[C@]314. The van der Waals surface area contributed by atoms with Crippen LogP contribution in [0.3, 0.4) is 0 Å². The van der Waals surface area contributed by atoms with Gasteiger partial charge in [0.1, 0.15) is 11.5 Å². The Kier molecular flexibility index (Phi) is 12.8. The second-order valence-electron chi connectivity index (χ2n) is 15.3. The Bertz CT molecular complexity index is 1730. The predicted molar refractivity (Wildman–Crippen MR) is 203 cm³/mol. The highest BCUT2D eigenvalue weighted by Gasteiger charge is 2.72. The van der Waals surface area contributed by atoms with Gasteiger partial charge in [-0.15, -0.1) is 0 Å². The molecule has 1 spiro atoms. The van der Waals surface area contributed by atoms with Crippen LogP contribution in [0.5, 0.6) is 11.5 Å². The first-order chi connectivity index (χ1) is 25.8. The number of aliphatic hydroxyl groups is 1. The van der Waals surface area contributed by atoms with Gasteiger partial charge in [0.15, 0.2) is 29.3 Å². The lowest BCUT2D eigenvalue weighted by Gasteiger charge is -2.61. The minimum Gasteiger partial charge on any atom is -0.493 e. The maximum atomic E-state index is 14.0. The lowest BCUT2D eigenvalue weighted by molar-refractivity contribution is -0.163. The number of aliphatic imine (C=N–C) groups is 1. The number of piperidine rings is 2. The van der Waals surface area contributed by atoms with E-state index < -0.39 is 35.0 Å². The second-order valence-corrected chi connectivity index (χ2v) is 15.3. The highest BCUT2D eigenvalue weighted by molar-refractivity contribution is 5.98. The summed E-state index contributed by atoms with van der Waals surface area (Å²) in [5.74, 6) is -0.897. The summed E-state index contributed by atoms with van der Waals surface area (Å²) in [5.41, 5.74) is 11.0. The molecule has 3 aliphatic heterocycles. The summed E-state index contributed by atoms with van der Waals surface area (Å²) >= 11 is 0. The van der Waals surface area contributed by atoms with Crippen molar-refractivity contribution in [2.75, 3.05) is 46.9 Å². The third-order valence-corrected chi connectivity index (χ3v) is 11.9. The van der Waals surface area contributed by atoms with Crippen LogP contribution >= 0.6 is 0 Å². The summed E-state index contributed by atoms with van der Waals surface area (Å²) in [6.45, 7) is 2.57. The number of benzene rings is 1. The zero-order chi connectivity index (χ0) is 38.8. The van der Waals surface area contributed by atoms with Gasteiger partial charge in [0.25, 0.3) is 0 Å². The fraction of sp³-hybridized carbons (Fsp3) is 0.641. The number of ether oxygens (including phenoxy) is 3. The van der Waals surface area contributed by atoms with E-state index in [4.69, 9.17) is 25.7 Å².